The molecule has 0 fully saturated rings. The van der Waals surface area contributed by atoms with Gasteiger partial charge in [-0.1, -0.05) is 63.9 Å². The Bertz CT molecular complexity index is 1210. The SMILES string of the molecule is C=CCc1cc(/C=C(/C#N)C(=O)Nc2cccc(Br)c2)ccc1OCc1ccccc1Cl. The number of halogens is 2. The topological polar surface area (TPSA) is 62.1 Å². The van der Waals surface area contributed by atoms with Gasteiger partial charge in [0, 0.05) is 20.7 Å². The van der Waals surface area contributed by atoms with Crippen LogP contribution in [0.4, 0.5) is 5.69 Å². The largest absolute Gasteiger partial charge is 0.489 e. The van der Waals surface area contributed by atoms with Crippen molar-refractivity contribution >= 4 is 45.2 Å². The summed E-state index contributed by atoms with van der Waals surface area (Å²) in [6.45, 7) is 4.14. The first-order valence-electron chi connectivity index (χ1n) is 9.79. The Kier molecular flexibility index (Phi) is 8.27. The molecule has 0 aromatic heterocycles. The quantitative estimate of drug-likeness (QED) is 0.204. The molecule has 1 amide bonds. The number of benzene rings is 3. The molecule has 0 aliphatic carbocycles. The third-order valence-electron chi connectivity index (χ3n) is 4.55. The van der Waals surface area contributed by atoms with Gasteiger partial charge in [-0.15, -0.1) is 6.58 Å². The fraction of sp³-hybridized carbons (Fsp3) is 0.0769. The van der Waals surface area contributed by atoms with E-state index in [-0.39, 0.29) is 5.57 Å². The minimum absolute atomic E-state index is 0.000681. The zero-order valence-corrected chi connectivity index (χ0v) is 19.5. The monoisotopic (exact) mass is 506 g/mol. The van der Waals surface area contributed by atoms with E-state index < -0.39 is 5.91 Å². The number of hydrogen-bond donors (Lipinski definition) is 1. The first kappa shape index (κ1) is 23.3. The van der Waals surface area contributed by atoms with Crippen LogP contribution in [0.25, 0.3) is 6.08 Å². The molecule has 0 aliphatic rings. The van der Waals surface area contributed by atoms with Crippen LogP contribution in [0, 0.1) is 11.3 Å². The molecule has 6 heteroatoms. The van der Waals surface area contributed by atoms with Gasteiger partial charge >= 0.3 is 0 Å². The van der Waals surface area contributed by atoms with Crippen molar-refractivity contribution in [3.05, 3.63) is 111 Å². The lowest BCUT2D eigenvalue weighted by Gasteiger charge is -2.12. The van der Waals surface area contributed by atoms with Crippen LogP contribution in [0.5, 0.6) is 5.75 Å². The van der Waals surface area contributed by atoms with E-state index in [0.29, 0.717) is 35.1 Å². The Morgan fingerprint density at radius 3 is 2.66 bits per heavy atom. The van der Waals surface area contributed by atoms with Crippen LogP contribution in [0.3, 0.4) is 0 Å². The second-order valence-corrected chi connectivity index (χ2v) is 8.20. The van der Waals surface area contributed by atoms with Crippen LogP contribution in [0.15, 0.2) is 89.4 Å². The van der Waals surface area contributed by atoms with Crippen molar-refractivity contribution in [3.63, 3.8) is 0 Å². The lowest BCUT2D eigenvalue weighted by Crippen LogP contribution is -2.13. The van der Waals surface area contributed by atoms with Crippen molar-refractivity contribution in [2.75, 3.05) is 5.32 Å². The van der Waals surface area contributed by atoms with E-state index in [0.717, 1.165) is 15.6 Å². The first-order chi connectivity index (χ1) is 15.5. The van der Waals surface area contributed by atoms with Crippen LogP contribution in [0.1, 0.15) is 16.7 Å². The third-order valence-corrected chi connectivity index (χ3v) is 5.41. The summed E-state index contributed by atoms with van der Waals surface area (Å²) in [6, 6.07) is 22.2. The molecule has 160 valence electrons. The van der Waals surface area contributed by atoms with Gasteiger partial charge in [0.2, 0.25) is 0 Å². The molecule has 0 heterocycles. The summed E-state index contributed by atoms with van der Waals surface area (Å²) >= 11 is 9.57. The molecule has 3 aromatic rings. The second kappa shape index (κ2) is 11.3. The normalized spacial score (nSPS) is 10.8. The van der Waals surface area contributed by atoms with Crippen molar-refractivity contribution in [2.45, 2.75) is 13.0 Å². The van der Waals surface area contributed by atoms with Gasteiger partial charge in [-0.3, -0.25) is 4.79 Å². The maximum Gasteiger partial charge on any atom is 0.266 e. The number of rotatable bonds is 8. The number of nitrogens with one attached hydrogen (secondary N) is 1. The van der Waals surface area contributed by atoms with Gasteiger partial charge in [0.05, 0.1) is 0 Å². The van der Waals surface area contributed by atoms with Gasteiger partial charge in [0.25, 0.3) is 5.91 Å². The number of amides is 1. The van der Waals surface area contributed by atoms with Crippen molar-refractivity contribution in [1.82, 2.24) is 0 Å². The van der Waals surface area contributed by atoms with Crippen LogP contribution >= 0.6 is 27.5 Å². The smallest absolute Gasteiger partial charge is 0.266 e. The zero-order valence-electron chi connectivity index (χ0n) is 17.1. The minimum Gasteiger partial charge on any atom is -0.489 e. The highest BCUT2D eigenvalue weighted by Crippen LogP contribution is 2.25. The molecule has 0 radical (unpaired) electrons. The summed E-state index contributed by atoms with van der Waals surface area (Å²) in [5, 5.41) is 12.9. The van der Waals surface area contributed by atoms with E-state index in [1.807, 2.05) is 48.5 Å². The second-order valence-electron chi connectivity index (χ2n) is 6.87. The van der Waals surface area contributed by atoms with Crippen LogP contribution in [-0.2, 0) is 17.8 Å². The van der Waals surface area contributed by atoms with Gasteiger partial charge in [-0.05, 0) is 60.0 Å². The number of nitriles is 1. The summed E-state index contributed by atoms with van der Waals surface area (Å²) in [6.07, 6.45) is 3.90. The highest BCUT2D eigenvalue weighted by Gasteiger charge is 2.11. The van der Waals surface area contributed by atoms with E-state index in [2.05, 4.69) is 27.8 Å². The van der Waals surface area contributed by atoms with Gasteiger partial charge in [0.1, 0.15) is 24.0 Å². The number of nitrogens with zero attached hydrogens (tertiary/aromatic N) is 1. The zero-order chi connectivity index (χ0) is 22.9. The van der Waals surface area contributed by atoms with Gasteiger partial charge in [-0.2, -0.15) is 5.26 Å². The highest BCUT2D eigenvalue weighted by atomic mass is 79.9. The lowest BCUT2D eigenvalue weighted by molar-refractivity contribution is -0.112. The van der Waals surface area contributed by atoms with Crippen molar-refractivity contribution < 1.29 is 9.53 Å². The minimum atomic E-state index is -0.477. The third kappa shape index (κ3) is 6.34. The van der Waals surface area contributed by atoms with E-state index in [1.54, 1.807) is 36.4 Å². The Hall–Kier alpha value is -3.33. The van der Waals surface area contributed by atoms with Gasteiger partial charge in [-0.25, -0.2) is 0 Å². The van der Waals surface area contributed by atoms with Crippen LogP contribution < -0.4 is 10.1 Å². The maximum atomic E-state index is 12.6. The molecule has 32 heavy (non-hydrogen) atoms. The average Bonchev–Trinajstić information content (AvgIpc) is 2.78. The molecule has 1 N–H and O–H groups in total. The van der Waals surface area contributed by atoms with Crippen LogP contribution in [0.2, 0.25) is 5.02 Å². The maximum absolute atomic E-state index is 12.6. The molecule has 0 saturated heterocycles. The van der Waals surface area contributed by atoms with Gasteiger partial charge in [0.15, 0.2) is 0 Å². The molecule has 0 bridgehead atoms. The summed E-state index contributed by atoms with van der Waals surface area (Å²) < 4.78 is 6.81. The standard InChI is InChI=1S/C26H20BrClN2O2/c1-2-6-19-13-18(11-12-25(19)32-17-20-7-3-4-10-24(20)28)14-21(16-29)26(31)30-23-9-5-8-22(27)15-23/h2-5,7-15H,1,6,17H2,(H,30,31)/b21-14-. The molecule has 0 saturated carbocycles. The first-order valence-corrected chi connectivity index (χ1v) is 11.0. The number of carbonyl (C=O) groups excluding carboxylic acids is 1. The Labute approximate surface area is 200 Å². The predicted molar refractivity (Wildman–Crippen MR) is 132 cm³/mol. The summed E-state index contributed by atoms with van der Waals surface area (Å²) in [7, 11) is 0. The molecule has 3 rings (SSSR count). The Morgan fingerprint density at radius 1 is 1.12 bits per heavy atom. The molecule has 3 aromatic carbocycles. The molecule has 0 spiro atoms. The summed E-state index contributed by atoms with van der Waals surface area (Å²) in [5.74, 6) is 0.217. The van der Waals surface area contributed by atoms with E-state index in [4.69, 9.17) is 16.3 Å². The van der Waals surface area contributed by atoms with Crippen molar-refractivity contribution in [3.8, 4) is 11.8 Å². The average molecular weight is 508 g/mol. The lowest BCUT2D eigenvalue weighted by atomic mass is 10.0. The number of carbonyl (C=O) groups is 1. The number of hydrogen-bond acceptors (Lipinski definition) is 3. The van der Waals surface area contributed by atoms with Crippen molar-refractivity contribution in [1.29, 1.82) is 5.26 Å². The Morgan fingerprint density at radius 2 is 1.94 bits per heavy atom. The van der Waals surface area contributed by atoms with Crippen LogP contribution in [-0.4, -0.2) is 5.91 Å². The summed E-state index contributed by atoms with van der Waals surface area (Å²) in [4.78, 5) is 12.6. The molecule has 0 atom stereocenters. The fourth-order valence-corrected chi connectivity index (χ4v) is 3.59. The molecule has 0 aliphatic heterocycles. The van der Waals surface area contributed by atoms with E-state index >= 15 is 0 Å². The molecular formula is C26H20BrClN2O2. The number of ether oxygens (including phenoxy) is 1. The fourth-order valence-electron chi connectivity index (χ4n) is 3.00. The predicted octanol–water partition coefficient (Wildman–Crippen LogP) is 6.96. The van der Waals surface area contributed by atoms with Crippen molar-refractivity contribution in [2.24, 2.45) is 0 Å². The summed E-state index contributed by atoms with van der Waals surface area (Å²) in [5.41, 5.74) is 3.09. The number of anilines is 1. The number of allylic oxidation sites excluding steroid dienone is 1. The molecular weight excluding hydrogens is 488 g/mol. The van der Waals surface area contributed by atoms with Gasteiger partial charge < -0.3 is 10.1 Å². The molecule has 0 unspecified atom stereocenters. The Balaban J connectivity index is 1.80. The molecule has 4 nitrogen and oxygen atoms in total. The van der Waals surface area contributed by atoms with E-state index in [9.17, 15) is 10.1 Å². The van der Waals surface area contributed by atoms with E-state index in [1.165, 1.54) is 0 Å². The highest BCUT2D eigenvalue weighted by molar-refractivity contribution is 9.10.